The largest absolute Gasteiger partial charge is 0.359 e. The van der Waals surface area contributed by atoms with Crippen LogP contribution in [-0.4, -0.2) is 61.5 Å². The number of fused-ring (bicyclic) bond motifs is 1. The molecule has 0 aliphatic carbocycles. The van der Waals surface area contributed by atoms with Crippen molar-refractivity contribution in [2.45, 2.75) is 37.8 Å². The Balaban J connectivity index is 1.70. The zero-order valence-corrected chi connectivity index (χ0v) is 13.0. The first-order valence-electron chi connectivity index (χ1n) is 6.98. The first-order valence-corrected chi connectivity index (χ1v) is 9.21. The van der Waals surface area contributed by atoms with Crippen LogP contribution in [-0.2, 0) is 14.6 Å². The highest BCUT2D eigenvalue weighted by Gasteiger charge is 2.46. The van der Waals surface area contributed by atoms with Gasteiger partial charge >= 0.3 is 0 Å². The summed E-state index contributed by atoms with van der Waals surface area (Å²) in [6.07, 6.45) is 4.80. The van der Waals surface area contributed by atoms with E-state index in [9.17, 15) is 13.2 Å². The standard InChI is InChI=1S/C12H21N3O3S2/c16-9-13-5-3-1-2-4-6-15-11-8-20(17,18)7-10(11)14-12(15)19/h9-11H,1-8H2,(H,13,16)(H,14,19)/t10-,11+/m1/s1. The van der Waals surface area contributed by atoms with Gasteiger partial charge in [-0.2, -0.15) is 0 Å². The van der Waals surface area contributed by atoms with Crippen LogP contribution in [0.3, 0.4) is 0 Å². The highest BCUT2D eigenvalue weighted by Crippen LogP contribution is 2.24. The summed E-state index contributed by atoms with van der Waals surface area (Å²) in [6.45, 7) is 1.53. The van der Waals surface area contributed by atoms with Crippen LogP contribution in [0.25, 0.3) is 0 Å². The molecule has 0 aromatic rings. The van der Waals surface area contributed by atoms with Crippen LogP contribution in [0.1, 0.15) is 25.7 Å². The molecule has 0 bridgehead atoms. The van der Waals surface area contributed by atoms with Gasteiger partial charge in [0, 0.05) is 13.1 Å². The summed E-state index contributed by atoms with van der Waals surface area (Å²) in [6, 6.07) is -0.00600. The molecular formula is C12H21N3O3S2. The average Bonchev–Trinajstić information content (AvgIpc) is 2.80. The quantitative estimate of drug-likeness (QED) is 0.362. The summed E-state index contributed by atoms with van der Waals surface area (Å²) in [5, 5.41) is 6.45. The number of carbonyl (C=O) groups excluding carboxylic acids is 1. The SMILES string of the molecule is O=CNCCCCCCN1C(=S)N[C@@H]2CS(=O)(=O)C[C@@H]21. The number of sulfone groups is 1. The molecule has 2 fully saturated rings. The lowest BCUT2D eigenvalue weighted by Crippen LogP contribution is -2.37. The molecule has 114 valence electrons. The predicted molar refractivity (Wildman–Crippen MR) is 81.2 cm³/mol. The average molecular weight is 319 g/mol. The summed E-state index contributed by atoms with van der Waals surface area (Å²) >= 11 is 5.28. The summed E-state index contributed by atoms with van der Waals surface area (Å²) in [7, 11) is -2.91. The molecule has 8 heteroatoms. The van der Waals surface area contributed by atoms with E-state index in [0.717, 1.165) is 45.2 Å². The van der Waals surface area contributed by atoms with Gasteiger partial charge in [-0.05, 0) is 25.1 Å². The molecule has 0 aromatic heterocycles. The highest BCUT2D eigenvalue weighted by atomic mass is 32.2. The van der Waals surface area contributed by atoms with E-state index in [1.165, 1.54) is 0 Å². The van der Waals surface area contributed by atoms with Gasteiger partial charge in [0.15, 0.2) is 14.9 Å². The van der Waals surface area contributed by atoms with E-state index in [1.54, 1.807) is 0 Å². The van der Waals surface area contributed by atoms with E-state index in [0.29, 0.717) is 5.11 Å². The maximum absolute atomic E-state index is 11.6. The zero-order valence-electron chi connectivity index (χ0n) is 11.4. The van der Waals surface area contributed by atoms with Gasteiger partial charge in [0.2, 0.25) is 6.41 Å². The Morgan fingerprint density at radius 1 is 1.30 bits per heavy atom. The monoisotopic (exact) mass is 319 g/mol. The van der Waals surface area contributed by atoms with Crippen LogP contribution >= 0.6 is 12.2 Å². The van der Waals surface area contributed by atoms with E-state index in [4.69, 9.17) is 12.2 Å². The smallest absolute Gasteiger partial charge is 0.207 e. The molecule has 0 spiro atoms. The lowest BCUT2D eigenvalue weighted by Gasteiger charge is -2.23. The van der Waals surface area contributed by atoms with E-state index < -0.39 is 9.84 Å². The van der Waals surface area contributed by atoms with Gasteiger partial charge in [0.1, 0.15) is 0 Å². The molecule has 0 aromatic carbocycles. The van der Waals surface area contributed by atoms with E-state index in [-0.39, 0.29) is 23.6 Å². The molecule has 2 atom stereocenters. The number of nitrogens with one attached hydrogen (secondary N) is 2. The number of unbranched alkanes of at least 4 members (excludes halogenated alkanes) is 3. The third kappa shape index (κ3) is 3.82. The Hall–Kier alpha value is -0.890. The fourth-order valence-corrected chi connectivity index (χ4v) is 5.15. The van der Waals surface area contributed by atoms with Crippen LogP contribution < -0.4 is 10.6 Å². The second kappa shape index (κ2) is 6.71. The Labute approximate surface area is 125 Å². The Morgan fingerprint density at radius 3 is 2.80 bits per heavy atom. The molecular weight excluding hydrogens is 298 g/mol. The number of carbonyl (C=O) groups is 1. The van der Waals surface area contributed by atoms with Crippen molar-refractivity contribution in [1.82, 2.24) is 15.5 Å². The first-order chi connectivity index (χ1) is 9.53. The topological polar surface area (TPSA) is 78.5 Å². The molecule has 1 amide bonds. The fourth-order valence-electron chi connectivity index (χ4n) is 2.86. The number of thiocarbonyl (C=S) groups is 1. The van der Waals surface area contributed by atoms with Gasteiger partial charge < -0.3 is 15.5 Å². The summed E-state index contributed by atoms with van der Waals surface area (Å²) < 4.78 is 23.3. The highest BCUT2D eigenvalue weighted by molar-refractivity contribution is 7.91. The van der Waals surface area contributed by atoms with Crippen LogP contribution in [0.4, 0.5) is 0 Å². The normalized spacial score (nSPS) is 27.2. The third-order valence-electron chi connectivity index (χ3n) is 3.85. The Kier molecular flexibility index (Phi) is 5.20. The fraction of sp³-hybridized carbons (Fsp3) is 0.833. The Bertz CT molecular complexity index is 467. The van der Waals surface area contributed by atoms with Crippen molar-refractivity contribution in [1.29, 1.82) is 0 Å². The molecule has 0 unspecified atom stereocenters. The zero-order chi connectivity index (χ0) is 14.6. The molecule has 6 nitrogen and oxygen atoms in total. The maximum Gasteiger partial charge on any atom is 0.207 e. The molecule has 2 heterocycles. The molecule has 2 aliphatic rings. The summed E-state index contributed by atoms with van der Waals surface area (Å²) in [4.78, 5) is 12.1. The van der Waals surface area contributed by atoms with Crippen LogP contribution in [0.15, 0.2) is 0 Å². The van der Waals surface area contributed by atoms with E-state index in [1.807, 2.05) is 4.90 Å². The van der Waals surface area contributed by atoms with Crippen molar-refractivity contribution in [2.75, 3.05) is 24.6 Å². The van der Waals surface area contributed by atoms with Gasteiger partial charge in [-0.25, -0.2) is 8.42 Å². The van der Waals surface area contributed by atoms with Crippen molar-refractivity contribution < 1.29 is 13.2 Å². The number of hydrogen-bond donors (Lipinski definition) is 2. The summed E-state index contributed by atoms with van der Waals surface area (Å²) in [5.74, 6) is 0.416. The minimum atomic E-state index is -2.91. The summed E-state index contributed by atoms with van der Waals surface area (Å²) in [5.41, 5.74) is 0. The molecule has 2 N–H and O–H groups in total. The van der Waals surface area contributed by atoms with E-state index in [2.05, 4.69) is 10.6 Å². The predicted octanol–water partition coefficient (Wildman–Crippen LogP) is -0.351. The first kappa shape index (κ1) is 15.5. The number of amides is 1. The molecule has 2 rings (SSSR count). The minimum absolute atomic E-state index is 0.0178. The van der Waals surface area contributed by atoms with Gasteiger partial charge in [-0.1, -0.05) is 12.8 Å². The minimum Gasteiger partial charge on any atom is -0.359 e. The van der Waals surface area contributed by atoms with E-state index >= 15 is 0 Å². The molecule has 0 saturated carbocycles. The second-order valence-corrected chi connectivity index (χ2v) is 7.92. The maximum atomic E-state index is 11.6. The number of rotatable bonds is 8. The van der Waals surface area contributed by atoms with Crippen molar-refractivity contribution in [2.24, 2.45) is 0 Å². The van der Waals surface area contributed by atoms with Gasteiger partial charge in [-0.15, -0.1) is 0 Å². The van der Waals surface area contributed by atoms with Gasteiger partial charge in [-0.3, -0.25) is 4.79 Å². The van der Waals surface area contributed by atoms with Gasteiger partial charge in [0.25, 0.3) is 0 Å². The molecule has 2 aliphatic heterocycles. The molecule has 2 saturated heterocycles. The van der Waals surface area contributed by atoms with Crippen molar-refractivity contribution in [3.63, 3.8) is 0 Å². The van der Waals surface area contributed by atoms with Crippen LogP contribution in [0, 0.1) is 0 Å². The van der Waals surface area contributed by atoms with Crippen molar-refractivity contribution >= 4 is 33.6 Å². The number of nitrogens with zero attached hydrogens (tertiary/aromatic N) is 1. The molecule has 0 radical (unpaired) electrons. The third-order valence-corrected chi connectivity index (χ3v) is 5.91. The van der Waals surface area contributed by atoms with Crippen molar-refractivity contribution in [3.05, 3.63) is 0 Å². The van der Waals surface area contributed by atoms with Gasteiger partial charge in [0.05, 0.1) is 23.6 Å². The number of hydrogen-bond acceptors (Lipinski definition) is 4. The van der Waals surface area contributed by atoms with Crippen molar-refractivity contribution in [3.8, 4) is 0 Å². The lowest BCUT2D eigenvalue weighted by atomic mass is 10.1. The van der Waals surface area contributed by atoms with Crippen LogP contribution in [0.2, 0.25) is 0 Å². The lowest BCUT2D eigenvalue weighted by molar-refractivity contribution is -0.109. The van der Waals surface area contributed by atoms with Crippen LogP contribution in [0.5, 0.6) is 0 Å². The molecule has 20 heavy (non-hydrogen) atoms. The second-order valence-electron chi connectivity index (χ2n) is 5.38. The Morgan fingerprint density at radius 2 is 2.05 bits per heavy atom.